The van der Waals surface area contributed by atoms with Crippen LogP contribution in [0.2, 0.25) is 0 Å². The number of hydrogen-bond donors (Lipinski definition) is 2. The second kappa shape index (κ2) is 3.96. The van der Waals surface area contributed by atoms with E-state index in [0.717, 1.165) is 29.7 Å². The van der Waals surface area contributed by atoms with E-state index in [2.05, 4.69) is 21.9 Å². The number of fused-ring (bicyclic) bond motifs is 1. The Hall–Kier alpha value is -1.85. The molecular formula is C10H14N4O2. The van der Waals surface area contributed by atoms with Crippen LogP contribution in [0.15, 0.2) is 9.59 Å². The van der Waals surface area contributed by atoms with Crippen LogP contribution in [0, 0.1) is 0 Å². The first-order valence-electron chi connectivity index (χ1n) is 5.31. The third kappa shape index (κ3) is 1.66. The van der Waals surface area contributed by atoms with Crippen molar-refractivity contribution in [2.45, 2.75) is 26.2 Å². The van der Waals surface area contributed by atoms with Crippen LogP contribution in [0.1, 0.15) is 25.6 Å². The predicted molar refractivity (Wildman–Crippen MR) is 60.6 cm³/mol. The number of aryl methyl sites for hydroxylation is 1. The highest BCUT2D eigenvalue weighted by atomic mass is 16.2. The third-order valence-corrected chi connectivity index (χ3v) is 2.57. The van der Waals surface area contributed by atoms with E-state index in [9.17, 15) is 9.59 Å². The van der Waals surface area contributed by atoms with Gasteiger partial charge >= 0.3 is 5.69 Å². The van der Waals surface area contributed by atoms with Crippen molar-refractivity contribution in [3.05, 3.63) is 26.7 Å². The highest BCUT2D eigenvalue weighted by Gasteiger charge is 2.09. The van der Waals surface area contributed by atoms with Gasteiger partial charge in [0.2, 0.25) is 0 Å². The van der Waals surface area contributed by atoms with Crippen LogP contribution in [0.5, 0.6) is 0 Å². The summed E-state index contributed by atoms with van der Waals surface area (Å²) >= 11 is 0. The number of rotatable bonds is 3. The molecule has 0 saturated carbocycles. The van der Waals surface area contributed by atoms with E-state index in [1.807, 2.05) is 0 Å². The number of nitrogens with one attached hydrogen (secondary N) is 2. The average Bonchev–Trinajstić information content (AvgIpc) is 2.66. The van der Waals surface area contributed by atoms with E-state index in [4.69, 9.17) is 0 Å². The largest absolute Gasteiger partial charge is 0.336 e. The number of nitrogens with zero attached hydrogens (tertiary/aromatic N) is 2. The summed E-state index contributed by atoms with van der Waals surface area (Å²) in [6, 6.07) is 0. The van der Waals surface area contributed by atoms with Crippen molar-refractivity contribution in [1.29, 1.82) is 0 Å². The van der Waals surface area contributed by atoms with Crippen molar-refractivity contribution in [2.75, 3.05) is 0 Å². The van der Waals surface area contributed by atoms with Gasteiger partial charge in [-0.05, 0) is 6.42 Å². The molecule has 0 amide bonds. The monoisotopic (exact) mass is 222 g/mol. The van der Waals surface area contributed by atoms with Crippen molar-refractivity contribution in [3.8, 4) is 0 Å². The van der Waals surface area contributed by atoms with E-state index >= 15 is 0 Å². The summed E-state index contributed by atoms with van der Waals surface area (Å²) in [5.41, 5.74) is -0.0625. The Balaban J connectivity index is 2.58. The molecule has 86 valence electrons. The molecule has 0 radical (unpaired) electrons. The molecule has 6 nitrogen and oxygen atoms in total. The Morgan fingerprint density at radius 3 is 2.75 bits per heavy atom. The quantitative estimate of drug-likeness (QED) is 0.783. The number of H-pyrrole nitrogens is 2. The third-order valence-electron chi connectivity index (χ3n) is 2.57. The summed E-state index contributed by atoms with van der Waals surface area (Å²) in [4.78, 5) is 32.7. The van der Waals surface area contributed by atoms with Gasteiger partial charge in [0, 0.05) is 13.5 Å². The molecule has 16 heavy (non-hydrogen) atoms. The molecule has 2 aromatic rings. The minimum atomic E-state index is -0.439. The Morgan fingerprint density at radius 1 is 1.31 bits per heavy atom. The summed E-state index contributed by atoms with van der Waals surface area (Å²) in [5.74, 6) is 0.746. The molecule has 0 aliphatic carbocycles. The van der Waals surface area contributed by atoms with Gasteiger partial charge in [0.25, 0.3) is 5.56 Å². The molecular weight excluding hydrogens is 208 g/mol. The van der Waals surface area contributed by atoms with Crippen molar-refractivity contribution >= 4 is 11.2 Å². The van der Waals surface area contributed by atoms with Gasteiger partial charge in [-0.25, -0.2) is 9.78 Å². The molecule has 0 atom stereocenters. The zero-order chi connectivity index (χ0) is 11.7. The molecule has 0 saturated heterocycles. The van der Waals surface area contributed by atoms with E-state index in [0.29, 0.717) is 11.2 Å². The molecule has 0 aromatic carbocycles. The Bertz CT molecular complexity index is 620. The summed E-state index contributed by atoms with van der Waals surface area (Å²) in [5, 5.41) is 0. The number of aromatic amines is 2. The lowest BCUT2D eigenvalue weighted by molar-refractivity contribution is 0.764. The molecule has 0 bridgehead atoms. The first-order valence-corrected chi connectivity index (χ1v) is 5.31. The lowest BCUT2D eigenvalue weighted by Gasteiger charge is -1.93. The van der Waals surface area contributed by atoms with Crippen LogP contribution in [-0.4, -0.2) is 19.5 Å². The fourth-order valence-electron chi connectivity index (χ4n) is 1.58. The topological polar surface area (TPSA) is 83.5 Å². The van der Waals surface area contributed by atoms with E-state index in [1.54, 1.807) is 0 Å². The molecule has 2 heterocycles. The van der Waals surface area contributed by atoms with Gasteiger partial charge in [-0.15, -0.1) is 0 Å². The first kappa shape index (κ1) is 10.7. The molecule has 0 fully saturated rings. The maximum Gasteiger partial charge on any atom is 0.329 e. The van der Waals surface area contributed by atoms with Gasteiger partial charge in [0.15, 0.2) is 5.65 Å². The standard InChI is InChI=1S/C10H14N4O2/c1-3-4-5-6-11-7-8(12-6)13-10(16)14(2)9(7)15/h3-5H2,1-2H3,(H,11,12)(H,13,16). The maximum absolute atomic E-state index is 11.7. The molecule has 2 rings (SSSR count). The average molecular weight is 222 g/mol. The molecule has 0 spiro atoms. The Kier molecular flexibility index (Phi) is 2.64. The van der Waals surface area contributed by atoms with E-state index in [-0.39, 0.29) is 5.56 Å². The normalized spacial score (nSPS) is 11.1. The van der Waals surface area contributed by atoms with Gasteiger partial charge in [-0.1, -0.05) is 13.3 Å². The number of aromatic nitrogens is 4. The second-order valence-electron chi connectivity index (χ2n) is 3.80. The van der Waals surface area contributed by atoms with Crippen molar-refractivity contribution < 1.29 is 0 Å². The molecule has 6 heteroatoms. The van der Waals surface area contributed by atoms with Gasteiger partial charge in [0.05, 0.1) is 0 Å². The van der Waals surface area contributed by atoms with Gasteiger partial charge in [-0.3, -0.25) is 14.3 Å². The van der Waals surface area contributed by atoms with Gasteiger partial charge in [-0.2, -0.15) is 0 Å². The highest BCUT2D eigenvalue weighted by molar-refractivity contribution is 5.68. The van der Waals surface area contributed by atoms with Crippen LogP contribution >= 0.6 is 0 Å². The van der Waals surface area contributed by atoms with Crippen LogP contribution in [0.3, 0.4) is 0 Å². The van der Waals surface area contributed by atoms with Gasteiger partial charge < -0.3 is 4.98 Å². The summed E-state index contributed by atoms with van der Waals surface area (Å²) in [6.45, 7) is 2.09. The zero-order valence-electron chi connectivity index (χ0n) is 9.33. The Labute approximate surface area is 91.3 Å². The fourth-order valence-corrected chi connectivity index (χ4v) is 1.58. The zero-order valence-corrected chi connectivity index (χ0v) is 9.33. The van der Waals surface area contributed by atoms with Crippen LogP contribution in [0.4, 0.5) is 0 Å². The summed E-state index contributed by atoms with van der Waals surface area (Å²) in [6.07, 6.45) is 2.85. The number of unbranched alkanes of at least 4 members (excludes halogenated alkanes) is 1. The lowest BCUT2D eigenvalue weighted by atomic mass is 10.2. The minimum absolute atomic E-state index is 0.339. The molecule has 0 aliphatic rings. The molecule has 0 aliphatic heterocycles. The SMILES string of the molecule is CCCCc1nc2[nH]c(=O)n(C)c(=O)c2[nH]1. The van der Waals surface area contributed by atoms with Crippen molar-refractivity contribution in [1.82, 2.24) is 19.5 Å². The summed E-state index contributed by atoms with van der Waals surface area (Å²) < 4.78 is 1.03. The number of imidazole rings is 1. The number of hydrogen-bond acceptors (Lipinski definition) is 3. The predicted octanol–water partition coefficient (Wildman–Crippen LogP) is 0.292. The first-order chi connectivity index (χ1) is 7.63. The van der Waals surface area contributed by atoms with Gasteiger partial charge in [0.1, 0.15) is 11.3 Å². The molecule has 2 aromatic heterocycles. The molecule has 0 unspecified atom stereocenters. The minimum Gasteiger partial charge on any atom is -0.336 e. The van der Waals surface area contributed by atoms with Crippen molar-refractivity contribution in [2.24, 2.45) is 7.05 Å². The summed E-state index contributed by atoms with van der Waals surface area (Å²) in [7, 11) is 1.44. The maximum atomic E-state index is 11.7. The van der Waals surface area contributed by atoms with E-state index < -0.39 is 5.69 Å². The fraction of sp³-hybridized carbons (Fsp3) is 0.500. The van der Waals surface area contributed by atoms with Crippen molar-refractivity contribution in [3.63, 3.8) is 0 Å². The highest BCUT2D eigenvalue weighted by Crippen LogP contribution is 2.04. The van der Waals surface area contributed by atoms with Crippen LogP contribution in [-0.2, 0) is 13.5 Å². The van der Waals surface area contributed by atoms with Crippen LogP contribution < -0.4 is 11.2 Å². The second-order valence-corrected chi connectivity index (χ2v) is 3.80. The van der Waals surface area contributed by atoms with E-state index in [1.165, 1.54) is 7.05 Å². The smallest absolute Gasteiger partial charge is 0.329 e. The molecule has 2 N–H and O–H groups in total. The Morgan fingerprint density at radius 2 is 2.06 bits per heavy atom. The van der Waals surface area contributed by atoms with Crippen LogP contribution in [0.25, 0.3) is 11.2 Å². The lowest BCUT2D eigenvalue weighted by Crippen LogP contribution is -2.32.